The molecule has 1 aliphatic heterocycles. The molecule has 29 heavy (non-hydrogen) atoms. The van der Waals surface area contributed by atoms with E-state index in [4.69, 9.17) is 4.74 Å². The van der Waals surface area contributed by atoms with E-state index in [1.165, 1.54) is 12.1 Å². The molecule has 2 atom stereocenters. The molecule has 0 aromatic heterocycles. The Morgan fingerprint density at radius 2 is 1.62 bits per heavy atom. The monoisotopic (exact) mass is 416 g/mol. The predicted octanol–water partition coefficient (Wildman–Crippen LogP) is 3.29. The van der Waals surface area contributed by atoms with E-state index in [1.54, 1.807) is 23.5 Å². The fourth-order valence-corrected chi connectivity index (χ4v) is 5.44. The third kappa shape index (κ3) is 5.16. The maximum absolute atomic E-state index is 12.9. The number of methoxy groups -OCH3 is 1. The van der Waals surface area contributed by atoms with Crippen LogP contribution in [-0.2, 0) is 16.6 Å². The zero-order valence-electron chi connectivity index (χ0n) is 17.1. The van der Waals surface area contributed by atoms with E-state index in [0.29, 0.717) is 37.0 Å². The molecular formula is C22H28N2O4S. The van der Waals surface area contributed by atoms with Crippen LogP contribution in [0.4, 0.5) is 0 Å². The molecule has 1 saturated heterocycles. The second kappa shape index (κ2) is 8.97. The lowest BCUT2D eigenvalue weighted by molar-refractivity contribution is 0.0951. The number of hydrogen-bond acceptors (Lipinski definition) is 4. The number of carbonyl (C=O) groups excluding carboxylic acids is 1. The minimum Gasteiger partial charge on any atom is -0.497 e. The van der Waals surface area contributed by atoms with Crippen molar-refractivity contribution in [1.29, 1.82) is 0 Å². The van der Waals surface area contributed by atoms with E-state index < -0.39 is 10.0 Å². The summed E-state index contributed by atoms with van der Waals surface area (Å²) in [6.45, 7) is 5.61. The zero-order valence-corrected chi connectivity index (χ0v) is 17.9. The highest BCUT2D eigenvalue weighted by Crippen LogP contribution is 2.26. The van der Waals surface area contributed by atoms with Gasteiger partial charge in [0.15, 0.2) is 0 Å². The Morgan fingerprint density at radius 1 is 1.03 bits per heavy atom. The molecular weight excluding hydrogens is 388 g/mol. The van der Waals surface area contributed by atoms with Gasteiger partial charge in [-0.05, 0) is 60.2 Å². The molecule has 7 heteroatoms. The van der Waals surface area contributed by atoms with Gasteiger partial charge in [0.25, 0.3) is 5.91 Å². The van der Waals surface area contributed by atoms with Gasteiger partial charge in [-0.1, -0.05) is 26.0 Å². The maximum Gasteiger partial charge on any atom is 0.251 e. The summed E-state index contributed by atoms with van der Waals surface area (Å²) in [5.74, 6) is 1.20. The van der Waals surface area contributed by atoms with E-state index in [2.05, 4.69) is 19.2 Å². The van der Waals surface area contributed by atoms with Gasteiger partial charge in [0.2, 0.25) is 10.0 Å². The highest BCUT2D eigenvalue weighted by Gasteiger charge is 2.31. The van der Waals surface area contributed by atoms with Gasteiger partial charge in [0, 0.05) is 25.2 Å². The van der Waals surface area contributed by atoms with Crippen LogP contribution in [0.15, 0.2) is 53.4 Å². The van der Waals surface area contributed by atoms with Crippen molar-refractivity contribution in [2.24, 2.45) is 11.8 Å². The van der Waals surface area contributed by atoms with Crippen molar-refractivity contribution >= 4 is 15.9 Å². The summed E-state index contributed by atoms with van der Waals surface area (Å²) in [4.78, 5) is 12.6. The Bertz CT molecular complexity index is 930. The van der Waals surface area contributed by atoms with Gasteiger partial charge in [-0.15, -0.1) is 0 Å². The topological polar surface area (TPSA) is 75.7 Å². The molecule has 0 aliphatic carbocycles. The number of hydrogen-bond donors (Lipinski definition) is 1. The Morgan fingerprint density at radius 3 is 2.17 bits per heavy atom. The SMILES string of the molecule is COc1ccc(CNC(=O)c2ccc(S(=O)(=O)N3CC(C)CC(C)C3)cc2)cc1. The first-order valence-electron chi connectivity index (χ1n) is 9.81. The first kappa shape index (κ1) is 21.3. The molecule has 6 nitrogen and oxygen atoms in total. The van der Waals surface area contributed by atoms with E-state index in [0.717, 1.165) is 17.7 Å². The first-order chi connectivity index (χ1) is 13.8. The van der Waals surface area contributed by atoms with Gasteiger partial charge >= 0.3 is 0 Å². The normalized spacial score (nSPS) is 20.2. The Hall–Kier alpha value is -2.38. The summed E-state index contributed by atoms with van der Waals surface area (Å²) in [6, 6.07) is 13.6. The highest BCUT2D eigenvalue weighted by atomic mass is 32.2. The third-order valence-electron chi connectivity index (χ3n) is 5.20. The molecule has 0 bridgehead atoms. The number of nitrogens with one attached hydrogen (secondary N) is 1. The van der Waals surface area contributed by atoms with E-state index in [-0.39, 0.29) is 10.8 Å². The molecule has 1 aliphatic rings. The summed E-state index contributed by atoms with van der Waals surface area (Å²) >= 11 is 0. The summed E-state index contributed by atoms with van der Waals surface area (Å²) in [6.07, 6.45) is 1.04. The fraction of sp³-hybridized carbons (Fsp3) is 0.409. The highest BCUT2D eigenvalue weighted by molar-refractivity contribution is 7.89. The Labute approximate surface area is 172 Å². The smallest absolute Gasteiger partial charge is 0.251 e. The van der Waals surface area contributed by atoms with Crippen LogP contribution in [0.5, 0.6) is 5.75 Å². The molecule has 0 radical (unpaired) electrons. The summed E-state index contributed by atoms with van der Waals surface area (Å²) in [7, 11) is -1.94. The molecule has 1 fully saturated rings. The summed E-state index contributed by atoms with van der Waals surface area (Å²) < 4.78 is 32.6. The van der Waals surface area contributed by atoms with Gasteiger partial charge in [-0.2, -0.15) is 4.31 Å². The van der Waals surface area contributed by atoms with Crippen molar-refractivity contribution in [1.82, 2.24) is 9.62 Å². The van der Waals surface area contributed by atoms with Crippen molar-refractivity contribution in [2.75, 3.05) is 20.2 Å². The van der Waals surface area contributed by atoms with Crippen LogP contribution in [0.25, 0.3) is 0 Å². The third-order valence-corrected chi connectivity index (χ3v) is 7.05. The summed E-state index contributed by atoms with van der Waals surface area (Å²) in [5, 5.41) is 2.85. The lowest BCUT2D eigenvalue weighted by Crippen LogP contribution is -2.42. The minimum absolute atomic E-state index is 0.227. The molecule has 2 unspecified atom stereocenters. The van der Waals surface area contributed by atoms with Crippen molar-refractivity contribution in [3.63, 3.8) is 0 Å². The average molecular weight is 417 g/mol. The van der Waals surface area contributed by atoms with Crippen molar-refractivity contribution in [3.05, 3.63) is 59.7 Å². The van der Waals surface area contributed by atoms with Gasteiger partial charge < -0.3 is 10.1 Å². The standard InChI is InChI=1S/C22H28N2O4S/c1-16-12-17(2)15-24(14-16)29(26,27)21-10-6-19(7-11-21)22(25)23-13-18-4-8-20(28-3)9-5-18/h4-11,16-17H,12-15H2,1-3H3,(H,23,25). The molecule has 3 rings (SSSR count). The second-order valence-electron chi connectivity index (χ2n) is 7.82. The lowest BCUT2D eigenvalue weighted by Gasteiger charge is -2.34. The van der Waals surface area contributed by atoms with Gasteiger partial charge in [0.05, 0.1) is 12.0 Å². The number of carbonyl (C=O) groups is 1. The van der Waals surface area contributed by atoms with Crippen LogP contribution in [-0.4, -0.2) is 38.8 Å². The van der Waals surface area contributed by atoms with Crippen molar-refractivity contribution in [3.8, 4) is 5.75 Å². The van der Waals surface area contributed by atoms with Crippen LogP contribution in [0.1, 0.15) is 36.2 Å². The second-order valence-corrected chi connectivity index (χ2v) is 9.76. The maximum atomic E-state index is 12.9. The summed E-state index contributed by atoms with van der Waals surface area (Å²) in [5.41, 5.74) is 1.38. The molecule has 2 aromatic carbocycles. The van der Waals surface area contributed by atoms with Gasteiger partial charge in [-0.3, -0.25) is 4.79 Å². The molecule has 156 valence electrons. The van der Waals surface area contributed by atoms with E-state index in [1.807, 2.05) is 24.3 Å². The molecule has 0 saturated carbocycles. The van der Waals surface area contributed by atoms with Crippen LogP contribution in [0.3, 0.4) is 0 Å². The van der Waals surface area contributed by atoms with Crippen LogP contribution in [0, 0.1) is 11.8 Å². The zero-order chi connectivity index (χ0) is 21.0. The molecule has 0 spiro atoms. The van der Waals surface area contributed by atoms with E-state index >= 15 is 0 Å². The number of nitrogens with zero attached hydrogens (tertiary/aromatic N) is 1. The van der Waals surface area contributed by atoms with Gasteiger partial charge in [-0.25, -0.2) is 8.42 Å². The number of amides is 1. The number of rotatable bonds is 6. The number of benzene rings is 2. The van der Waals surface area contributed by atoms with Crippen LogP contribution < -0.4 is 10.1 Å². The average Bonchev–Trinajstić information content (AvgIpc) is 2.71. The van der Waals surface area contributed by atoms with Gasteiger partial charge in [0.1, 0.15) is 5.75 Å². The van der Waals surface area contributed by atoms with Crippen molar-refractivity contribution < 1.29 is 17.9 Å². The van der Waals surface area contributed by atoms with E-state index in [9.17, 15) is 13.2 Å². The molecule has 1 N–H and O–H groups in total. The Kier molecular flexibility index (Phi) is 6.59. The largest absolute Gasteiger partial charge is 0.497 e. The molecule has 1 amide bonds. The van der Waals surface area contributed by atoms with Crippen LogP contribution in [0.2, 0.25) is 0 Å². The quantitative estimate of drug-likeness (QED) is 0.784. The Balaban J connectivity index is 1.64. The predicted molar refractivity (Wildman–Crippen MR) is 112 cm³/mol. The fourth-order valence-electron chi connectivity index (χ4n) is 3.76. The first-order valence-corrected chi connectivity index (χ1v) is 11.2. The number of piperidine rings is 1. The minimum atomic E-state index is -3.54. The van der Waals surface area contributed by atoms with Crippen LogP contribution >= 0.6 is 0 Å². The number of ether oxygens (including phenoxy) is 1. The lowest BCUT2D eigenvalue weighted by atomic mass is 9.94. The number of sulfonamides is 1. The van der Waals surface area contributed by atoms with Crippen molar-refractivity contribution in [2.45, 2.75) is 31.7 Å². The molecule has 1 heterocycles. The molecule has 2 aromatic rings.